The Morgan fingerprint density at radius 1 is 1.21 bits per heavy atom. The molecule has 2 aliphatic heterocycles. The van der Waals surface area contributed by atoms with Gasteiger partial charge < -0.3 is 38.2 Å². The summed E-state index contributed by atoms with van der Waals surface area (Å²) in [5, 5.41) is 30.2. The second-order valence-corrected chi connectivity index (χ2v) is 7.38. The number of aromatic nitrogens is 1. The fourth-order valence-corrected chi connectivity index (χ4v) is 3.76. The van der Waals surface area contributed by atoms with Gasteiger partial charge in [0.25, 0.3) is 0 Å². The van der Waals surface area contributed by atoms with E-state index in [-0.39, 0.29) is 12.8 Å². The van der Waals surface area contributed by atoms with E-state index >= 15 is 8.63 Å². The minimum atomic E-state index is -4.09. The van der Waals surface area contributed by atoms with Gasteiger partial charge in [-0.25, -0.2) is 0 Å². The summed E-state index contributed by atoms with van der Waals surface area (Å²) >= 11 is 0. The van der Waals surface area contributed by atoms with Crippen molar-refractivity contribution < 1.29 is 33.2 Å². The van der Waals surface area contributed by atoms with E-state index in [4.69, 9.17) is 0 Å². The molecule has 4 N–H and O–H groups in total. The Labute approximate surface area is 161 Å². The topological polar surface area (TPSA) is 97.7 Å². The van der Waals surface area contributed by atoms with Crippen molar-refractivity contribution in [1.29, 1.82) is 0 Å². The van der Waals surface area contributed by atoms with Crippen LogP contribution in [-0.4, -0.2) is 68.2 Å². The summed E-state index contributed by atoms with van der Waals surface area (Å²) < 4.78 is 32.6. The average molecular weight is 395 g/mol. The number of nitrogens with zero attached hydrogens (tertiary/aromatic N) is 2. The van der Waals surface area contributed by atoms with E-state index in [1.807, 2.05) is 0 Å². The van der Waals surface area contributed by atoms with E-state index in [0.717, 1.165) is 14.5 Å². The highest BCUT2D eigenvalue weighted by atomic mass is 19.2. The summed E-state index contributed by atoms with van der Waals surface area (Å²) in [7, 11) is 0. The molecule has 0 atom stereocenters. The summed E-state index contributed by atoms with van der Waals surface area (Å²) in [6.07, 6.45) is 4.80. The number of hydrogen-bond acceptors (Lipinski definition) is 4. The van der Waals surface area contributed by atoms with E-state index in [2.05, 4.69) is 5.32 Å². The van der Waals surface area contributed by atoms with Gasteiger partial charge in [0.15, 0.2) is 5.70 Å². The predicted molar refractivity (Wildman–Crippen MR) is 101 cm³/mol. The number of carbonyl (C=O) groups is 1. The largest absolute Gasteiger partial charge is 0.737 e. The third kappa shape index (κ3) is 3.21. The van der Waals surface area contributed by atoms with Crippen molar-refractivity contribution in [3.8, 4) is 0 Å². The Bertz CT molecular complexity index is 893. The molecule has 0 aliphatic carbocycles. The van der Waals surface area contributed by atoms with Gasteiger partial charge in [-0.2, -0.15) is 0 Å². The van der Waals surface area contributed by atoms with E-state index < -0.39 is 38.2 Å². The number of aliphatic hydroxyl groups is 3. The number of aliphatic hydroxyl groups excluding tert-OH is 3. The Kier molecular flexibility index (Phi) is 5.31. The zero-order valence-electron chi connectivity index (χ0n) is 15.8. The number of allylic oxidation sites excluding steroid dienone is 2. The number of carbonyl (C=O) groups excluding carboxylic acids is 1. The Morgan fingerprint density at radius 2 is 1.86 bits per heavy atom. The van der Waals surface area contributed by atoms with Gasteiger partial charge in [0.05, 0.1) is 19.8 Å². The standard InChI is InChI=1S/C18H24BF2N3O4/c1-12-7-13(2)23-16(12)8-15-4-3-14(24(15)19(23,20)21)5-6-17(28)22-18(9-25,10-26)11-27/h3-4,7-8,25-27H,5-6,9-11H2,1-2H3,(H,22,28). The predicted octanol–water partition coefficient (Wildman–Crippen LogP) is 0.318. The van der Waals surface area contributed by atoms with Crippen molar-refractivity contribution in [2.75, 3.05) is 19.8 Å². The van der Waals surface area contributed by atoms with Crippen molar-refractivity contribution in [3.63, 3.8) is 0 Å². The molecule has 0 spiro atoms. The molecule has 152 valence electrons. The molecule has 1 aromatic rings. The van der Waals surface area contributed by atoms with Gasteiger partial charge in [0, 0.05) is 36.8 Å². The maximum Gasteiger partial charge on any atom is 0.737 e. The van der Waals surface area contributed by atoms with Gasteiger partial charge in [0.1, 0.15) is 11.3 Å². The zero-order chi connectivity index (χ0) is 20.7. The number of hydrogen-bond donors (Lipinski definition) is 4. The van der Waals surface area contributed by atoms with Crippen LogP contribution < -0.4 is 5.32 Å². The van der Waals surface area contributed by atoms with Crippen LogP contribution in [0.25, 0.3) is 6.08 Å². The first-order chi connectivity index (χ1) is 13.2. The highest BCUT2D eigenvalue weighted by Gasteiger charge is 2.52. The molecule has 0 bridgehead atoms. The van der Waals surface area contributed by atoms with Crippen LogP contribution in [0.2, 0.25) is 0 Å². The lowest BCUT2D eigenvalue weighted by molar-refractivity contribution is -0.362. The first-order valence-corrected chi connectivity index (χ1v) is 9.08. The fourth-order valence-electron chi connectivity index (χ4n) is 3.76. The number of halogens is 2. The lowest BCUT2D eigenvalue weighted by atomic mass is 9.90. The molecular weight excluding hydrogens is 371 g/mol. The molecule has 1 amide bonds. The highest BCUT2D eigenvalue weighted by molar-refractivity contribution is 6.58. The molecule has 2 aliphatic rings. The summed E-state index contributed by atoms with van der Waals surface area (Å²) in [6, 6.07) is 1.72. The Hall–Kier alpha value is -2.30. The maximum absolute atomic E-state index is 15.3. The van der Waals surface area contributed by atoms with Crippen LogP contribution in [0.3, 0.4) is 0 Å². The van der Waals surface area contributed by atoms with Gasteiger partial charge in [0.2, 0.25) is 5.91 Å². The van der Waals surface area contributed by atoms with Crippen LogP contribution in [-0.2, 0) is 4.79 Å². The van der Waals surface area contributed by atoms with Crippen molar-refractivity contribution in [1.82, 2.24) is 9.79 Å². The molecule has 0 unspecified atom stereocenters. The molecular formula is C18H24BF2N3O4. The monoisotopic (exact) mass is 395 g/mol. The summed E-state index contributed by atoms with van der Waals surface area (Å²) in [6.45, 7) is -2.58. The lowest BCUT2D eigenvalue weighted by Crippen LogP contribution is -2.57. The quantitative estimate of drug-likeness (QED) is 0.500. The molecule has 10 heteroatoms. The Balaban J connectivity index is 1.83. The first-order valence-electron chi connectivity index (χ1n) is 9.08. The number of rotatable bonds is 7. The lowest BCUT2D eigenvalue weighted by Gasteiger charge is -2.30. The van der Waals surface area contributed by atoms with Gasteiger partial charge in [-0.15, -0.1) is 0 Å². The Morgan fingerprint density at radius 3 is 2.46 bits per heavy atom. The molecule has 0 fully saturated rings. The number of aryl methyl sites for hydroxylation is 2. The number of nitrogens with one attached hydrogen (secondary N) is 1. The molecule has 3 rings (SSSR count). The van der Waals surface area contributed by atoms with Crippen LogP contribution in [0.4, 0.5) is 8.63 Å². The SMILES string of the molecule is Cc1cc(C)n2c1C=C1C=CC(CCC(=O)NC(CO)(CO)CO)=[N+]1[B-]2(F)F. The molecule has 3 heterocycles. The minimum Gasteiger partial charge on any atom is -0.394 e. The van der Waals surface area contributed by atoms with Crippen LogP contribution in [0.5, 0.6) is 0 Å². The third-order valence-corrected chi connectivity index (χ3v) is 5.33. The van der Waals surface area contributed by atoms with Crippen molar-refractivity contribution in [3.05, 3.63) is 40.9 Å². The van der Waals surface area contributed by atoms with Crippen molar-refractivity contribution in [2.45, 2.75) is 32.2 Å². The molecule has 0 saturated heterocycles. The van der Waals surface area contributed by atoms with Gasteiger partial charge >= 0.3 is 6.97 Å². The highest BCUT2D eigenvalue weighted by Crippen LogP contribution is 2.34. The van der Waals surface area contributed by atoms with Crippen LogP contribution in [0.15, 0.2) is 23.9 Å². The van der Waals surface area contributed by atoms with E-state index in [1.54, 1.807) is 38.1 Å². The van der Waals surface area contributed by atoms with Crippen LogP contribution >= 0.6 is 0 Å². The van der Waals surface area contributed by atoms with Crippen LogP contribution in [0, 0.1) is 13.8 Å². The van der Waals surface area contributed by atoms with E-state index in [9.17, 15) is 20.1 Å². The molecule has 0 saturated carbocycles. The third-order valence-electron chi connectivity index (χ3n) is 5.33. The zero-order valence-corrected chi connectivity index (χ0v) is 15.8. The normalized spacial score (nSPS) is 17.5. The molecule has 0 radical (unpaired) electrons. The summed E-state index contributed by atoms with van der Waals surface area (Å²) in [5.41, 5.74) is 0.883. The summed E-state index contributed by atoms with van der Waals surface area (Å²) in [5.74, 6) is -0.558. The van der Waals surface area contributed by atoms with Gasteiger partial charge in [-0.1, -0.05) is 0 Å². The fraction of sp³-hybridized carbons (Fsp3) is 0.444. The summed E-state index contributed by atoms with van der Waals surface area (Å²) in [4.78, 5) is 12.2. The molecule has 0 aromatic carbocycles. The molecule has 28 heavy (non-hydrogen) atoms. The van der Waals surface area contributed by atoms with E-state index in [0.29, 0.717) is 22.8 Å². The molecule has 1 aromatic heterocycles. The number of fused-ring (bicyclic) bond motifs is 2. The average Bonchev–Trinajstić information content (AvgIpc) is 3.20. The van der Waals surface area contributed by atoms with Gasteiger partial charge in [-0.05, 0) is 31.2 Å². The van der Waals surface area contributed by atoms with E-state index in [1.165, 1.54) is 0 Å². The van der Waals surface area contributed by atoms with Gasteiger partial charge in [-0.3, -0.25) is 4.79 Å². The maximum atomic E-state index is 15.3. The number of amides is 1. The van der Waals surface area contributed by atoms with Crippen LogP contribution in [0.1, 0.15) is 29.8 Å². The minimum absolute atomic E-state index is 0.0456. The first kappa shape index (κ1) is 20.4. The van der Waals surface area contributed by atoms with Crippen molar-refractivity contribution >= 4 is 24.7 Å². The second kappa shape index (κ2) is 7.27. The van der Waals surface area contributed by atoms with Crippen molar-refractivity contribution in [2.24, 2.45) is 0 Å². The smallest absolute Gasteiger partial charge is 0.394 e. The molecule has 7 nitrogen and oxygen atoms in total. The second-order valence-electron chi connectivity index (χ2n) is 7.38.